The lowest BCUT2D eigenvalue weighted by Crippen LogP contribution is -1.92. The van der Waals surface area contributed by atoms with Gasteiger partial charge in [0.15, 0.2) is 0 Å². The number of nitrogens with zero attached hydrogens (tertiary/aromatic N) is 1. The van der Waals surface area contributed by atoms with Crippen LogP contribution in [0.3, 0.4) is 0 Å². The molecule has 0 bridgehead atoms. The van der Waals surface area contributed by atoms with Crippen LogP contribution in [0.15, 0.2) is 49.1 Å². The number of benzene rings is 2. The third-order valence-corrected chi connectivity index (χ3v) is 4.17. The Balaban J connectivity index is 2.49. The average molecular weight is 299 g/mol. The molecule has 0 atom stereocenters. The molecule has 3 rings (SSSR count). The summed E-state index contributed by atoms with van der Waals surface area (Å²) < 4.78 is 0. The van der Waals surface area contributed by atoms with E-state index in [2.05, 4.69) is 68.1 Å². The van der Waals surface area contributed by atoms with Gasteiger partial charge in [0.05, 0.1) is 11.0 Å². The molecule has 0 radical (unpaired) electrons. The zero-order valence-corrected chi connectivity index (χ0v) is 13.9. The molecule has 0 N–H and O–H groups in total. The second-order valence-corrected chi connectivity index (χ2v) is 5.70. The first-order valence-electron chi connectivity index (χ1n) is 7.94. The fourth-order valence-electron chi connectivity index (χ4n) is 3.02. The molecule has 0 aliphatic heterocycles. The first-order chi connectivity index (χ1) is 11.2. The van der Waals surface area contributed by atoms with E-state index < -0.39 is 0 Å². The molecule has 0 aliphatic carbocycles. The van der Waals surface area contributed by atoms with Gasteiger partial charge in [0, 0.05) is 21.9 Å². The molecule has 0 unspecified atom stereocenters. The van der Waals surface area contributed by atoms with E-state index in [0.717, 1.165) is 27.5 Å². The van der Waals surface area contributed by atoms with Crippen molar-refractivity contribution in [1.29, 1.82) is 0 Å². The minimum Gasteiger partial charge on any atom is -0.246 e. The lowest BCUT2D eigenvalue weighted by Gasteiger charge is -2.11. The standard InChI is InChI=1S/C22H21N/c1-5-8-19-15(4)10-11-17-14-18-13-12-16(7-3)20(9-6-2)22(18)23-21(17)19/h5-14H,3H2,1-2,4H3/b8-5-,9-6-. The minimum absolute atomic E-state index is 1.03. The van der Waals surface area contributed by atoms with E-state index in [9.17, 15) is 0 Å². The van der Waals surface area contributed by atoms with E-state index in [1.165, 1.54) is 16.5 Å². The average Bonchev–Trinajstić information content (AvgIpc) is 2.57. The molecular formula is C22H21N. The van der Waals surface area contributed by atoms with E-state index in [1.54, 1.807) is 0 Å². The van der Waals surface area contributed by atoms with Crippen LogP contribution in [-0.4, -0.2) is 4.98 Å². The van der Waals surface area contributed by atoms with Crippen molar-refractivity contribution in [1.82, 2.24) is 4.98 Å². The number of aryl methyl sites for hydroxylation is 1. The third kappa shape index (κ3) is 2.59. The molecule has 1 heterocycles. The quantitative estimate of drug-likeness (QED) is 0.509. The van der Waals surface area contributed by atoms with Crippen molar-refractivity contribution in [2.45, 2.75) is 20.8 Å². The molecule has 1 nitrogen and oxygen atoms in total. The van der Waals surface area contributed by atoms with E-state index in [1.807, 2.05) is 19.9 Å². The second kappa shape index (κ2) is 6.21. The van der Waals surface area contributed by atoms with Crippen LogP contribution in [-0.2, 0) is 0 Å². The smallest absolute Gasteiger partial charge is 0.0788 e. The van der Waals surface area contributed by atoms with E-state index in [-0.39, 0.29) is 0 Å². The predicted octanol–water partition coefficient (Wildman–Crippen LogP) is 6.41. The predicted molar refractivity (Wildman–Crippen MR) is 103 cm³/mol. The normalized spacial score (nSPS) is 12.0. The van der Waals surface area contributed by atoms with Gasteiger partial charge >= 0.3 is 0 Å². The molecule has 2 aromatic carbocycles. The van der Waals surface area contributed by atoms with Crippen molar-refractivity contribution in [3.8, 4) is 0 Å². The maximum atomic E-state index is 5.03. The van der Waals surface area contributed by atoms with Gasteiger partial charge in [-0.25, -0.2) is 4.98 Å². The van der Waals surface area contributed by atoms with Crippen LogP contribution < -0.4 is 0 Å². The monoisotopic (exact) mass is 299 g/mol. The number of hydrogen-bond acceptors (Lipinski definition) is 1. The molecule has 0 spiro atoms. The van der Waals surface area contributed by atoms with Crippen LogP contribution in [0.1, 0.15) is 36.1 Å². The highest BCUT2D eigenvalue weighted by Crippen LogP contribution is 2.29. The Morgan fingerprint density at radius 2 is 1.48 bits per heavy atom. The summed E-state index contributed by atoms with van der Waals surface area (Å²) in [6, 6.07) is 10.8. The molecule has 0 saturated heterocycles. The Labute approximate surface area is 137 Å². The highest BCUT2D eigenvalue weighted by molar-refractivity contribution is 6.01. The fraction of sp³-hybridized carbons (Fsp3) is 0.136. The largest absolute Gasteiger partial charge is 0.246 e. The van der Waals surface area contributed by atoms with Crippen molar-refractivity contribution in [2.24, 2.45) is 0 Å². The number of fused-ring (bicyclic) bond motifs is 2. The molecule has 0 fully saturated rings. The van der Waals surface area contributed by atoms with Crippen molar-refractivity contribution >= 4 is 40.0 Å². The summed E-state index contributed by atoms with van der Waals surface area (Å²) in [4.78, 5) is 5.03. The van der Waals surface area contributed by atoms with Crippen LogP contribution in [0.4, 0.5) is 0 Å². The zero-order valence-electron chi connectivity index (χ0n) is 13.9. The molecule has 23 heavy (non-hydrogen) atoms. The molecule has 0 amide bonds. The van der Waals surface area contributed by atoms with Gasteiger partial charge < -0.3 is 0 Å². The lowest BCUT2D eigenvalue weighted by atomic mass is 9.98. The van der Waals surface area contributed by atoms with Crippen LogP contribution in [0.25, 0.3) is 40.0 Å². The van der Waals surface area contributed by atoms with Crippen LogP contribution in [0, 0.1) is 6.92 Å². The first-order valence-corrected chi connectivity index (χ1v) is 7.94. The highest BCUT2D eigenvalue weighted by Gasteiger charge is 2.09. The Morgan fingerprint density at radius 1 is 0.870 bits per heavy atom. The van der Waals surface area contributed by atoms with E-state index in [4.69, 9.17) is 4.98 Å². The summed E-state index contributed by atoms with van der Waals surface area (Å²) >= 11 is 0. The summed E-state index contributed by atoms with van der Waals surface area (Å²) in [5.74, 6) is 0. The summed E-state index contributed by atoms with van der Waals surface area (Å²) in [6.07, 6.45) is 10.3. The summed E-state index contributed by atoms with van der Waals surface area (Å²) in [6.45, 7) is 10.1. The SMILES string of the molecule is C=Cc1ccc2cc3ccc(C)c(/C=C\C)c3nc2c1/C=C\C. The van der Waals surface area contributed by atoms with Crippen LogP contribution in [0.2, 0.25) is 0 Å². The minimum atomic E-state index is 1.03. The van der Waals surface area contributed by atoms with Gasteiger partial charge in [-0.1, -0.05) is 61.2 Å². The Kier molecular flexibility index (Phi) is 4.12. The topological polar surface area (TPSA) is 12.9 Å². The molecule has 0 saturated carbocycles. The van der Waals surface area contributed by atoms with Crippen LogP contribution >= 0.6 is 0 Å². The molecule has 114 valence electrons. The number of hydrogen-bond donors (Lipinski definition) is 0. The van der Waals surface area contributed by atoms with Crippen molar-refractivity contribution in [2.75, 3.05) is 0 Å². The van der Waals surface area contributed by atoms with Crippen molar-refractivity contribution < 1.29 is 0 Å². The second-order valence-electron chi connectivity index (χ2n) is 5.70. The lowest BCUT2D eigenvalue weighted by molar-refractivity contribution is 1.41. The number of aromatic nitrogens is 1. The van der Waals surface area contributed by atoms with Gasteiger partial charge in [-0.3, -0.25) is 0 Å². The van der Waals surface area contributed by atoms with E-state index >= 15 is 0 Å². The third-order valence-electron chi connectivity index (χ3n) is 4.17. The molecule has 0 aliphatic rings. The summed E-state index contributed by atoms with van der Waals surface area (Å²) in [5.41, 5.74) is 6.78. The Bertz CT molecular complexity index is 959. The maximum absolute atomic E-state index is 5.03. The Hall–Kier alpha value is -2.67. The number of rotatable bonds is 3. The zero-order chi connectivity index (χ0) is 16.4. The maximum Gasteiger partial charge on any atom is 0.0788 e. The van der Waals surface area contributed by atoms with Gasteiger partial charge in [-0.05, 0) is 38.0 Å². The van der Waals surface area contributed by atoms with E-state index in [0.29, 0.717) is 0 Å². The van der Waals surface area contributed by atoms with Gasteiger partial charge in [0.2, 0.25) is 0 Å². The fourth-order valence-corrected chi connectivity index (χ4v) is 3.02. The van der Waals surface area contributed by atoms with Crippen LogP contribution in [0.5, 0.6) is 0 Å². The van der Waals surface area contributed by atoms with Gasteiger partial charge in [0.25, 0.3) is 0 Å². The van der Waals surface area contributed by atoms with Gasteiger partial charge in [0.1, 0.15) is 0 Å². The highest BCUT2D eigenvalue weighted by atomic mass is 14.7. The van der Waals surface area contributed by atoms with Crippen molar-refractivity contribution in [3.63, 3.8) is 0 Å². The Morgan fingerprint density at radius 3 is 2.13 bits per heavy atom. The molecular weight excluding hydrogens is 278 g/mol. The van der Waals surface area contributed by atoms with Gasteiger partial charge in [-0.2, -0.15) is 0 Å². The summed E-state index contributed by atoms with van der Waals surface area (Å²) in [7, 11) is 0. The number of allylic oxidation sites excluding steroid dienone is 2. The van der Waals surface area contributed by atoms with Crippen molar-refractivity contribution in [3.05, 3.63) is 71.3 Å². The van der Waals surface area contributed by atoms with Gasteiger partial charge in [-0.15, -0.1) is 0 Å². The molecule has 3 aromatic rings. The first kappa shape index (κ1) is 15.2. The molecule has 1 heteroatoms. The number of pyridine rings is 1. The summed E-state index contributed by atoms with van der Waals surface area (Å²) in [5, 5.41) is 2.33. The molecule has 1 aromatic heterocycles.